The highest BCUT2D eigenvalue weighted by Gasteiger charge is 2.07. The molecule has 1 heterocycles. The fraction of sp³-hybridized carbons (Fsp3) is 0.273. The third kappa shape index (κ3) is 2.02. The number of fused-ring (bicyclic) bond motifs is 1. The van der Waals surface area contributed by atoms with Gasteiger partial charge in [-0.1, -0.05) is 17.7 Å². The van der Waals surface area contributed by atoms with E-state index in [4.69, 9.17) is 16.7 Å². The van der Waals surface area contributed by atoms with Gasteiger partial charge in [-0.05, 0) is 24.1 Å². The lowest BCUT2D eigenvalue weighted by Crippen LogP contribution is -1.97. The number of carbonyl (C=O) groups is 1. The normalized spacial score (nSPS) is 10.9. The summed E-state index contributed by atoms with van der Waals surface area (Å²) in [7, 11) is 1.82. The molecule has 1 N–H and O–H groups in total. The van der Waals surface area contributed by atoms with Crippen LogP contribution >= 0.6 is 11.6 Å². The summed E-state index contributed by atoms with van der Waals surface area (Å²) in [5, 5.41) is 14.0. The predicted octanol–water partition coefficient (Wildman–Crippen LogP) is 2.24. The Kier molecular flexibility index (Phi) is 2.83. The van der Waals surface area contributed by atoms with Crippen molar-refractivity contribution in [2.45, 2.75) is 12.8 Å². The molecule has 0 amide bonds. The van der Waals surface area contributed by atoms with Gasteiger partial charge in [0.25, 0.3) is 0 Å². The number of aliphatic carboxylic acids is 1. The number of halogens is 1. The summed E-state index contributed by atoms with van der Waals surface area (Å²) >= 11 is 5.96. The van der Waals surface area contributed by atoms with Gasteiger partial charge in [-0.25, -0.2) is 0 Å². The van der Waals surface area contributed by atoms with E-state index >= 15 is 0 Å². The zero-order valence-electron chi connectivity index (χ0n) is 8.77. The third-order valence-corrected chi connectivity index (χ3v) is 2.78. The van der Waals surface area contributed by atoms with Gasteiger partial charge in [-0.15, -0.1) is 0 Å². The van der Waals surface area contributed by atoms with E-state index in [1.807, 2.05) is 25.2 Å². The summed E-state index contributed by atoms with van der Waals surface area (Å²) in [5.41, 5.74) is 1.91. The third-order valence-electron chi connectivity index (χ3n) is 2.50. The van der Waals surface area contributed by atoms with Gasteiger partial charge in [0.1, 0.15) is 0 Å². The highest BCUT2D eigenvalue weighted by Crippen LogP contribution is 2.23. The number of rotatable bonds is 3. The second-order valence-electron chi connectivity index (χ2n) is 3.66. The molecule has 0 saturated heterocycles. The molecule has 5 heteroatoms. The molecule has 0 radical (unpaired) electrons. The average Bonchev–Trinajstić information content (AvgIpc) is 2.52. The number of aryl methyl sites for hydroxylation is 2. The van der Waals surface area contributed by atoms with Crippen LogP contribution in [-0.4, -0.2) is 20.9 Å². The van der Waals surface area contributed by atoms with Crippen molar-refractivity contribution >= 4 is 28.5 Å². The molecule has 16 heavy (non-hydrogen) atoms. The zero-order chi connectivity index (χ0) is 11.7. The number of nitrogens with zero attached hydrogens (tertiary/aromatic N) is 2. The first-order chi connectivity index (χ1) is 7.58. The number of aromatic nitrogens is 2. The monoisotopic (exact) mass is 238 g/mol. The summed E-state index contributed by atoms with van der Waals surface area (Å²) in [4.78, 5) is 10.5. The molecule has 0 unspecified atom stereocenters. The molecule has 0 aliphatic carbocycles. The minimum absolute atomic E-state index is 0.128. The Morgan fingerprint density at radius 1 is 1.56 bits per heavy atom. The lowest BCUT2D eigenvalue weighted by atomic mass is 10.1. The summed E-state index contributed by atoms with van der Waals surface area (Å²) in [5.74, 6) is -0.794. The van der Waals surface area contributed by atoms with Crippen molar-refractivity contribution in [3.8, 4) is 0 Å². The van der Waals surface area contributed by atoms with Crippen molar-refractivity contribution in [2.24, 2.45) is 7.05 Å². The van der Waals surface area contributed by atoms with Crippen LogP contribution in [0.4, 0.5) is 0 Å². The van der Waals surface area contributed by atoms with E-state index < -0.39 is 5.97 Å². The molecule has 1 aromatic heterocycles. The lowest BCUT2D eigenvalue weighted by Gasteiger charge is -1.99. The van der Waals surface area contributed by atoms with Crippen molar-refractivity contribution in [3.05, 3.63) is 28.9 Å². The summed E-state index contributed by atoms with van der Waals surface area (Å²) < 4.78 is 1.71. The van der Waals surface area contributed by atoms with Crippen LogP contribution in [0.5, 0.6) is 0 Å². The van der Waals surface area contributed by atoms with E-state index in [1.165, 1.54) is 0 Å². The van der Waals surface area contributed by atoms with Gasteiger partial charge >= 0.3 is 5.97 Å². The van der Waals surface area contributed by atoms with Crippen LogP contribution < -0.4 is 0 Å². The molecule has 1 aromatic carbocycles. The van der Waals surface area contributed by atoms with Gasteiger partial charge < -0.3 is 5.11 Å². The Morgan fingerprint density at radius 3 is 3.00 bits per heavy atom. The Hall–Kier alpha value is -1.55. The molecule has 0 atom stereocenters. The van der Waals surface area contributed by atoms with E-state index in [-0.39, 0.29) is 6.42 Å². The van der Waals surface area contributed by atoms with Crippen molar-refractivity contribution in [3.63, 3.8) is 0 Å². The molecule has 2 aromatic rings. The maximum atomic E-state index is 10.5. The first-order valence-electron chi connectivity index (χ1n) is 4.91. The first kappa shape index (κ1) is 11.0. The second kappa shape index (κ2) is 4.14. The van der Waals surface area contributed by atoms with Crippen molar-refractivity contribution in [2.75, 3.05) is 0 Å². The molecule has 0 fully saturated rings. The number of hydrogen-bond donors (Lipinski definition) is 1. The number of carboxylic acid groups (broad SMARTS) is 1. The Labute approximate surface area is 97.4 Å². The van der Waals surface area contributed by atoms with Gasteiger partial charge in [0.2, 0.25) is 0 Å². The highest BCUT2D eigenvalue weighted by molar-refractivity contribution is 6.34. The fourth-order valence-electron chi connectivity index (χ4n) is 1.68. The number of carboxylic acids is 1. The molecule has 0 aliphatic rings. The van der Waals surface area contributed by atoms with Crippen LogP contribution in [0, 0.1) is 0 Å². The Bertz CT molecular complexity index is 548. The molecule has 0 bridgehead atoms. The van der Waals surface area contributed by atoms with Crippen LogP contribution in [-0.2, 0) is 18.3 Å². The molecule has 0 aliphatic heterocycles. The fourth-order valence-corrected chi connectivity index (χ4v) is 1.94. The van der Waals surface area contributed by atoms with Gasteiger partial charge in [-0.2, -0.15) is 5.10 Å². The standard InChI is InChI=1S/C11H11ClN2O2/c1-14-9-4-2-7(3-5-10(15)16)6-8(9)11(12)13-14/h2,4,6H,3,5H2,1H3,(H,15,16). The Morgan fingerprint density at radius 2 is 2.31 bits per heavy atom. The van der Waals surface area contributed by atoms with Crippen molar-refractivity contribution in [1.29, 1.82) is 0 Å². The molecule has 0 spiro atoms. The smallest absolute Gasteiger partial charge is 0.303 e. The van der Waals surface area contributed by atoms with Crippen LogP contribution in [0.3, 0.4) is 0 Å². The first-order valence-corrected chi connectivity index (χ1v) is 5.28. The van der Waals surface area contributed by atoms with Crippen LogP contribution in [0.15, 0.2) is 18.2 Å². The van der Waals surface area contributed by atoms with E-state index in [9.17, 15) is 4.79 Å². The van der Waals surface area contributed by atoms with Gasteiger partial charge in [-0.3, -0.25) is 9.48 Å². The predicted molar refractivity (Wildman–Crippen MR) is 61.7 cm³/mol. The largest absolute Gasteiger partial charge is 0.481 e. The molecule has 84 valence electrons. The minimum atomic E-state index is -0.794. The topological polar surface area (TPSA) is 55.1 Å². The average molecular weight is 239 g/mol. The van der Waals surface area contributed by atoms with Gasteiger partial charge in [0, 0.05) is 18.9 Å². The van der Waals surface area contributed by atoms with Gasteiger partial charge in [0.05, 0.1) is 5.52 Å². The maximum Gasteiger partial charge on any atom is 0.303 e. The summed E-state index contributed by atoms with van der Waals surface area (Å²) in [6.07, 6.45) is 0.639. The van der Waals surface area contributed by atoms with Crippen molar-refractivity contribution in [1.82, 2.24) is 9.78 Å². The molecule has 4 nitrogen and oxygen atoms in total. The van der Waals surface area contributed by atoms with E-state index in [2.05, 4.69) is 5.10 Å². The van der Waals surface area contributed by atoms with Crippen LogP contribution in [0.1, 0.15) is 12.0 Å². The zero-order valence-corrected chi connectivity index (χ0v) is 9.53. The molecule has 0 saturated carbocycles. The summed E-state index contributed by atoms with van der Waals surface area (Å²) in [6, 6.07) is 5.71. The van der Waals surface area contributed by atoms with Crippen LogP contribution in [0.25, 0.3) is 10.9 Å². The van der Waals surface area contributed by atoms with E-state index in [1.54, 1.807) is 4.68 Å². The Balaban J connectivity index is 2.36. The summed E-state index contributed by atoms with van der Waals surface area (Å²) in [6.45, 7) is 0. The lowest BCUT2D eigenvalue weighted by molar-refractivity contribution is -0.136. The van der Waals surface area contributed by atoms with Gasteiger partial charge in [0.15, 0.2) is 5.15 Å². The molecular formula is C11H11ClN2O2. The maximum absolute atomic E-state index is 10.5. The van der Waals surface area contributed by atoms with Crippen LogP contribution in [0.2, 0.25) is 5.15 Å². The second-order valence-corrected chi connectivity index (χ2v) is 4.02. The van der Waals surface area contributed by atoms with E-state index in [0.717, 1.165) is 16.5 Å². The van der Waals surface area contributed by atoms with Crippen molar-refractivity contribution < 1.29 is 9.90 Å². The minimum Gasteiger partial charge on any atom is -0.481 e. The number of benzene rings is 1. The quantitative estimate of drug-likeness (QED) is 0.892. The van der Waals surface area contributed by atoms with E-state index in [0.29, 0.717) is 11.6 Å². The molecule has 2 rings (SSSR count). The highest BCUT2D eigenvalue weighted by atomic mass is 35.5. The number of hydrogen-bond acceptors (Lipinski definition) is 2. The SMILES string of the molecule is Cn1nc(Cl)c2cc(CCC(=O)O)ccc21. The molecular weight excluding hydrogens is 228 g/mol.